The summed E-state index contributed by atoms with van der Waals surface area (Å²) >= 11 is 1.87. The van der Waals surface area contributed by atoms with Crippen LogP contribution in [-0.2, 0) is 0 Å². The quantitative estimate of drug-likeness (QED) is 0.185. The lowest BCUT2D eigenvalue weighted by molar-refractivity contribution is 0.705. The molecule has 9 aromatic rings. The van der Waals surface area contributed by atoms with E-state index in [2.05, 4.69) is 162 Å². The molecule has 0 fully saturated rings. The van der Waals surface area contributed by atoms with Crippen LogP contribution in [0, 0.1) is 5.92 Å². The third-order valence-corrected chi connectivity index (χ3v) is 13.5. The van der Waals surface area contributed by atoms with E-state index in [1.54, 1.807) is 0 Å². The molecule has 53 heavy (non-hydrogen) atoms. The predicted molar refractivity (Wildman–Crippen MR) is 220 cm³/mol. The Morgan fingerprint density at radius 1 is 0.623 bits per heavy atom. The van der Waals surface area contributed by atoms with Gasteiger partial charge in [-0.15, -0.1) is 11.3 Å². The number of fused-ring (bicyclic) bond motifs is 14. The molecule has 2 unspecified atom stereocenters. The summed E-state index contributed by atoms with van der Waals surface area (Å²) in [4.78, 5) is 12.6. The van der Waals surface area contributed by atoms with Crippen LogP contribution in [0.25, 0.3) is 88.3 Å². The van der Waals surface area contributed by atoms with Gasteiger partial charge in [-0.2, -0.15) is 0 Å². The minimum absolute atomic E-state index is 0.304. The van der Waals surface area contributed by atoms with E-state index >= 15 is 0 Å². The summed E-state index contributed by atoms with van der Waals surface area (Å²) in [6.45, 7) is 0. The minimum Gasteiger partial charge on any atom is -0.277 e. The normalized spacial score (nSPS) is 18.5. The van der Waals surface area contributed by atoms with Crippen LogP contribution in [-0.4, -0.2) is 14.5 Å². The first-order valence-electron chi connectivity index (χ1n) is 18.5. The molecule has 0 bridgehead atoms. The van der Waals surface area contributed by atoms with Crippen molar-refractivity contribution in [1.82, 2.24) is 14.5 Å². The topological polar surface area (TPSA) is 30.7 Å². The monoisotopic (exact) mass is 691 g/mol. The third-order valence-electron chi connectivity index (χ3n) is 12.2. The molecular formula is C49H29N3S. The summed E-state index contributed by atoms with van der Waals surface area (Å²) in [7, 11) is 0. The van der Waals surface area contributed by atoms with Crippen LogP contribution < -0.4 is 0 Å². The second kappa shape index (κ2) is 10.2. The van der Waals surface area contributed by atoms with Crippen molar-refractivity contribution in [1.29, 1.82) is 0 Å². The Balaban J connectivity index is 1.20. The molecule has 3 heterocycles. The van der Waals surface area contributed by atoms with Crippen LogP contribution in [0.15, 0.2) is 152 Å². The van der Waals surface area contributed by atoms with Gasteiger partial charge in [-0.05, 0) is 56.3 Å². The van der Waals surface area contributed by atoms with E-state index in [9.17, 15) is 0 Å². The van der Waals surface area contributed by atoms with Crippen LogP contribution in [0.4, 0.5) is 0 Å². The van der Waals surface area contributed by atoms with E-state index in [0.29, 0.717) is 17.8 Å². The molecule has 4 heteroatoms. The van der Waals surface area contributed by atoms with Crippen LogP contribution in [0.1, 0.15) is 39.0 Å². The highest BCUT2D eigenvalue weighted by Crippen LogP contribution is 2.62. The van der Waals surface area contributed by atoms with Gasteiger partial charge >= 0.3 is 0 Å². The molecular weight excluding hydrogens is 663 g/mol. The van der Waals surface area contributed by atoms with Gasteiger partial charge in [0.1, 0.15) is 0 Å². The number of rotatable bonds is 3. The van der Waals surface area contributed by atoms with Crippen LogP contribution in [0.5, 0.6) is 0 Å². The van der Waals surface area contributed by atoms with Gasteiger partial charge in [0.25, 0.3) is 0 Å². The molecule has 6 aromatic carbocycles. The predicted octanol–water partition coefficient (Wildman–Crippen LogP) is 12.6. The average molecular weight is 692 g/mol. The van der Waals surface area contributed by atoms with Crippen LogP contribution >= 0.6 is 11.3 Å². The Morgan fingerprint density at radius 3 is 2.30 bits per heavy atom. The average Bonchev–Trinajstić information content (AvgIpc) is 3.87. The highest BCUT2D eigenvalue weighted by molar-refractivity contribution is 7.20. The largest absolute Gasteiger partial charge is 0.277 e. The summed E-state index contributed by atoms with van der Waals surface area (Å²) in [5.74, 6) is 1.70. The molecule has 13 rings (SSSR count). The van der Waals surface area contributed by atoms with Crippen molar-refractivity contribution < 1.29 is 0 Å². The van der Waals surface area contributed by atoms with Crippen molar-refractivity contribution in [2.45, 2.75) is 11.8 Å². The van der Waals surface area contributed by atoms with Gasteiger partial charge in [-0.1, -0.05) is 146 Å². The molecule has 3 nitrogen and oxygen atoms in total. The maximum atomic E-state index is 5.63. The van der Waals surface area contributed by atoms with Crippen molar-refractivity contribution in [3.8, 4) is 39.5 Å². The SMILES string of the molecule is C1=CC2C=Cc3c(sc4c(-c5ccccc5)nc(-n5c6ccc(-c7ccccc7)cc6c6c7cccc8c7c7c(c65)-c5ccccc5[C@H]87)nc34)C2C=C1. The molecule has 0 radical (unpaired) electrons. The maximum Gasteiger partial charge on any atom is 0.235 e. The molecule has 3 atom stereocenters. The Labute approximate surface area is 309 Å². The van der Waals surface area contributed by atoms with Gasteiger partial charge in [0.2, 0.25) is 5.95 Å². The molecule has 0 spiro atoms. The van der Waals surface area contributed by atoms with E-state index < -0.39 is 0 Å². The van der Waals surface area contributed by atoms with E-state index in [1.807, 2.05) is 11.3 Å². The highest BCUT2D eigenvalue weighted by atomic mass is 32.1. The van der Waals surface area contributed by atoms with Crippen molar-refractivity contribution in [2.24, 2.45) is 5.92 Å². The lowest BCUT2D eigenvalue weighted by atomic mass is 9.74. The number of nitrogens with zero attached hydrogens (tertiary/aromatic N) is 3. The first-order valence-corrected chi connectivity index (χ1v) is 19.3. The second-order valence-corrected chi connectivity index (χ2v) is 15.8. The lowest BCUT2D eigenvalue weighted by Gasteiger charge is -2.29. The Hall–Kier alpha value is -6.36. The molecule has 0 saturated carbocycles. The minimum atomic E-state index is 0.304. The summed E-state index contributed by atoms with van der Waals surface area (Å²) in [5.41, 5.74) is 16.1. The molecule has 4 aliphatic rings. The Bertz CT molecular complexity index is 3180. The van der Waals surface area contributed by atoms with E-state index in [1.165, 1.54) is 76.4 Å². The zero-order chi connectivity index (χ0) is 34.4. The molecule has 3 aromatic heterocycles. The number of aromatic nitrogens is 3. The fraction of sp³-hybridized carbons (Fsp3) is 0.0612. The molecule has 0 N–H and O–H groups in total. The van der Waals surface area contributed by atoms with E-state index in [4.69, 9.17) is 9.97 Å². The summed E-state index contributed by atoms with van der Waals surface area (Å²) in [5, 5.41) is 5.25. The first kappa shape index (κ1) is 28.3. The van der Waals surface area contributed by atoms with Crippen LogP contribution in [0.3, 0.4) is 0 Å². The third kappa shape index (κ3) is 3.59. The zero-order valence-corrected chi connectivity index (χ0v) is 29.3. The van der Waals surface area contributed by atoms with Gasteiger partial charge in [-0.25, -0.2) is 9.97 Å². The fourth-order valence-electron chi connectivity index (χ4n) is 9.91. The maximum absolute atomic E-state index is 5.63. The molecule has 0 saturated heterocycles. The van der Waals surface area contributed by atoms with Gasteiger partial charge in [-0.3, -0.25) is 4.57 Å². The van der Waals surface area contributed by atoms with Crippen molar-refractivity contribution in [3.63, 3.8) is 0 Å². The molecule has 246 valence electrons. The van der Waals surface area contributed by atoms with Crippen molar-refractivity contribution in [2.75, 3.05) is 0 Å². The van der Waals surface area contributed by atoms with Gasteiger partial charge in [0.15, 0.2) is 0 Å². The second-order valence-electron chi connectivity index (χ2n) is 14.8. The first-order chi connectivity index (χ1) is 26.3. The van der Waals surface area contributed by atoms with Crippen molar-refractivity contribution in [3.05, 3.63) is 179 Å². The number of benzene rings is 6. The van der Waals surface area contributed by atoms with Crippen molar-refractivity contribution >= 4 is 60.2 Å². The number of hydrogen-bond acceptors (Lipinski definition) is 3. The van der Waals surface area contributed by atoms with Gasteiger partial charge in [0, 0.05) is 50.1 Å². The van der Waals surface area contributed by atoms with E-state index in [0.717, 1.165) is 32.9 Å². The summed E-state index contributed by atoms with van der Waals surface area (Å²) < 4.78 is 3.56. The number of allylic oxidation sites excluding steroid dienone is 5. The Morgan fingerprint density at radius 2 is 1.42 bits per heavy atom. The number of hydrogen-bond donors (Lipinski definition) is 0. The summed E-state index contributed by atoms with van der Waals surface area (Å²) in [6, 6.07) is 44.4. The van der Waals surface area contributed by atoms with E-state index in [-0.39, 0.29) is 0 Å². The lowest BCUT2D eigenvalue weighted by Crippen LogP contribution is -2.12. The Kier molecular flexibility index (Phi) is 5.41. The highest BCUT2D eigenvalue weighted by Gasteiger charge is 2.43. The standard InChI is InChI=1S/C49H29N3S/c1-3-12-27(13-4-1)30-23-25-38-37(26-30)41-35-21-11-20-34-39-32-18-9-10-19-33(32)42(43(39)40(34)35)46(41)52(38)49-50-44(29-15-5-2-6-16-29)48-45(51-49)36-24-22-28-14-7-8-17-31(28)47(36)53-48/h1-26,28,31,39H/t28?,31?,39-/m1/s1. The molecule has 4 aliphatic carbocycles. The number of thiophene rings is 1. The molecule has 0 aliphatic heterocycles. The van der Waals surface area contributed by atoms with Gasteiger partial charge in [0.05, 0.1) is 26.9 Å². The van der Waals surface area contributed by atoms with Gasteiger partial charge < -0.3 is 0 Å². The molecule has 0 amide bonds. The van der Waals surface area contributed by atoms with Crippen LogP contribution in [0.2, 0.25) is 0 Å². The zero-order valence-electron chi connectivity index (χ0n) is 28.5. The summed E-state index contributed by atoms with van der Waals surface area (Å²) in [6.07, 6.45) is 13.7. The smallest absolute Gasteiger partial charge is 0.235 e. The fourth-order valence-corrected chi connectivity index (χ4v) is 11.3.